The number of halogens is 2. The van der Waals surface area contributed by atoms with E-state index in [1.54, 1.807) is 0 Å². The van der Waals surface area contributed by atoms with Gasteiger partial charge in [0.15, 0.2) is 0 Å². The summed E-state index contributed by atoms with van der Waals surface area (Å²) in [5.41, 5.74) is 0. The Hall–Kier alpha value is -0.540. The molecular formula is C4H8F2N2. The molecule has 0 aromatic heterocycles. The topological polar surface area (TPSA) is 24.7 Å². The minimum Gasteiger partial charge on any atom is -0.208 e. The van der Waals surface area contributed by atoms with Crippen LogP contribution in [0.25, 0.3) is 0 Å². The molecule has 0 spiro atoms. The number of alkyl halides is 2. The van der Waals surface area contributed by atoms with Crippen LogP contribution < -0.4 is 0 Å². The first-order valence-electron chi connectivity index (χ1n) is 2.25. The molecule has 0 radical (unpaired) electrons. The average molecular weight is 122 g/mol. The summed E-state index contributed by atoms with van der Waals surface area (Å²) >= 11 is 0. The molecule has 0 saturated heterocycles. The van der Waals surface area contributed by atoms with Gasteiger partial charge in [-0.3, -0.25) is 0 Å². The zero-order valence-electron chi connectivity index (χ0n) is 4.81. The highest BCUT2D eigenvalue weighted by Crippen LogP contribution is 2.03. The zero-order chi connectivity index (χ0) is 6.57. The second kappa shape index (κ2) is 3.46. The van der Waals surface area contributed by atoms with Crippen LogP contribution in [0.2, 0.25) is 0 Å². The molecule has 0 aromatic rings. The van der Waals surface area contributed by atoms with Crippen LogP contribution in [0.3, 0.4) is 0 Å². The Bertz CT molecular complexity index is 82.1. The summed E-state index contributed by atoms with van der Waals surface area (Å²) in [6.07, 6.45) is -2.39. The summed E-state index contributed by atoms with van der Waals surface area (Å²) < 4.78 is 22.9. The maximum atomic E-state index is 11.5. The second-order valence-corrected chi connectivity index (χ2v) is 1.39. The Morgan fingerprint density at radius 1 is 1.38 bits per heavy atom. The van der Waals surface area contributed by atoms with Crippen LogP contribution in [0, 0.1) is 0 Å². The summed E-state index contributed by atoms with van der Waals surface area (Å²) in [6.45, 7) is 1.32. The van der Waals surface area contributed by atoms with E-state index in [1.807, 2.05) is 0 Å². The van der Waals surface area contributed by atoms with Gasteiger partial charge in [-0.1, -0.05) is 0 Å². The number of azo groups is 1. The lowest BCUT2D eigenvalue weighted by atomic mass is 10.4. The van der Waals surface area contributed by atoms with Gasteiger partial charge in [0, 0.05) is 7.05 Å². The molecular weight excluding hydrogens is 114 g/mol. The minimum absolute atomic E-state index is 0.958. The first-order chi connectivity index (χ1) is 3.68. The van der Waals surface area contributed by atoms with Gasteiger partial charge in [0.2, 0.25) is 0 Å². The Morgan fingerprint density at radius 2 is 1.88 bits per heavy atom. The van der Waals surface area contributed by atoms with Crippen LogP contribution in [0.4, 0.5) is 8.78 Å². The molecule has 0 saturated carbocycles. The predicted molar refractivity (Wildman–Crippen MR) is 26.2 cm³/mol. The van der Waals surface area contributed by atoms with Crippen LogP contribution in [-0.2, 0) is 0 Å². The molecule has 4 heteroatoms. The van der Waals surface area contributed by atoms with Gasteiger partial charge in [-0.05, 0) is 6.92 Å². The Labute approximate surface area is 46.6 Å². The summed E-state index contributed by atoms with van der Waals surface area (Å²) in [7, 11) is 1.37. The third kappa shape index (κ3) is 2.60. The SMILES string of the molecule is CN=NC(C)C(F)F. The molecule has 1 unspecified atom stereocenters. The van der Waals surface area contributed by atoms with E-state index in [0.29, 0.717) is 0 Å². The second-order valence-electron chi connectivity index (χ2n) is 1.39. The molecule has 0 amide bonds. The van der Waals surface area contributed by atoms with Gasteiger partial charge in [-0.25, -0.2) is 8.78 Å². The van der Waals surface area contributed by atoms with Crippen molar-refractivity contribution in [2.45, 2.75) is 19.4 Å². The predicted octanol–water partition coefficient (Wildman–Crippen LogP) is 1.72. The lowest BCUT2D eigenvalue weighted by molar-refractivity contribution is 0.121. The lowest BCUT2D eigenvalue weighted by Crippen LogP contribution is -2.08. The summed E-state index contributed by atoms with van der Waals surface area (Å²) in [5.74, 6) is 0. The van der Waals surface area contributed by atoms with Gasteiger partial charge < -0.3 is 0 Å². The molecule has 1 atom stereocenters. The fourth-order valence-electron chi connectivity index (χ4n) is 0.233. The van der Waals surface area contributed by atoms with Crippen molar-refractivity contribution in [3.05, 3.63) is 0 Å². The fraction of sp³-hybridized carbons (Fsp3) is 1.00. The van der Waals surface area contributed by atoms with Gasteiger partial charge in [0.1, 0.15) is 6.04 Å². The van der Waals surface area contributed by atoms with Gasteiger partial charge in [-0.15, -0.1) is 0 Å². The Morgan fingerprint density at radius 3 is 2.00 bits per heavy atom. The molecule has 8 heavy (non-hydrogen) atoms. The van der Waals surface area contributed by atoms with E-state index in [1.165, 1.54) is 14.0 Å². The highest BCUT2D eigenvalue weighted by molar-refractivity contribution is 4.57. The molecule has 48 valence electrons. The van der Waals surface area contributed by atoms with E-state index in [9.17, 15) is 8.78 Å². The largest absolute Gasteiger partial charge is 0.262 e. The van der Waals surface area contributed by atoms with E-state index in [2.05, 4.69) is 10.2 Å². The highest BCUT2D eigenvalue weighted by Gasteiger charge is 2.11. The molecule has 2 nitrogen and oxygen atoms in total. The quantitative estimate of drug-likeness (QED) is 0.498. The molecule has 0 aliphatic heterocycles. The number of nitrogens with zero attached hydrogens (tertiary/aromatic N) is 2. The van der Waals surface area contributed by atoms with Crippen LogP contribution in [-0.4, -0.2) is 19.5 Å². The number of rotatable bonds is 2. The van der Waals surface area contributed by atoms with Crippen molar-refractivity contribution in [1.29, 1.82) is 0 Å². The molecule has 0 aromatic carbocycles. The summed E-state index contributed by atoms with van der Waals surface area (Å²) in [4.78, 5) is 0. The summed E-state index contributed by atoms with van der Waals surface area (Å²) in [5, 5.41) is 6.40. The van der Waals surface area contributed by atoms with Gasteiger partial charge in [0.25, 0.3) is 6.43 Å². The van der Waals surface area contributed by atoms with Crippen molar-refractivity contribution < 1.29 is 8.78 Å². The van der Waals surface area contributed by atoms with Crippen LogP contribution in [0.15, 0.2) is 10.2 Å². The monoisotopic (exact) mass is 122 g/mol. The van der Waals surface area contributed by atoms with E-state index < -0.39 is 12.5 Å². The van der Waals surface area contributed by atoms with Crippen LogP contribution in [0.1, 0.15) is 6.92 Å². The van der Waals surface area contributed by atoms with E-state index in [4.69, 9.17) is 0 Å². The third-order valence-electron chi connectivity index (χ3n) is 0.662. The molecule has 0 aliphatic rings. The maximum absolute atomic E-state index is 11.5. The summed E-state index contributed by atoms with van der Waals surface area (Å²) in [6, 6.07) is -0.958. The lowest BCUT2D eigenvalue weighted by Gasteiger charge is -1.98. The van der Waals surface area contributed by atoms with Crippen molar-refractivity contribution in [3.8, 4) is 0 Å². The average Bonchev–Trinajstić information content (AvgIpc) is 1.67. The van der Waals surface area contributed by atoms with Gasteiger partial charge in [-0.2, -0.15) is 10.2 Å². The Kier molecular flexibility index (Phi) is 3.23. The molecule has 0 aliphatic carbocycles. The van der Waals surface area contributed by atoms with Crippen molar-refractivity contribution in [1.82, 2.24) is 0 Å². The van der Waals surface area contributed by atoms with E-state index in [0.717, 1.165) is 0 Å². The van der Waals surface area contributed by atoms with Crippen molar-refractivity contribution in [3.63, 3.8) is 0 Å². The zero-order valence-corrected chi connectivity index (χ0v) is 4.81. The fourth-order valence-corrected chi connectivity index (χ4v) is 0.233. The molecule has 0 bridgehead atoms. The van der Waals surface area contributed by atoms with Gasteiger partial charge >= 0.3 is 0 Å². The standard InChI is InChI=1S/C4H8F2N2/c1-3(4(5)6)8-7-2/h3-4H,1-2H3. The van der Waals surface area contributed by atoms with Crippen molar-refractivity contribution in [2.75, 3.05) is 7.05 Å². The first kappa shape index (κ1) is 7.46. The molecule has 0 fully saturated rings. The molecule has 0 rings (SSSR count). The minimum atomic E-state index is -2.39. The van der Waals surface area contributed by atoms with E-state index in [-0.39, 0.29) is 0 Å². The smallest absolute Gasteiger partial charge is 0.208 e. The van der Waals surface area contributed by atoms with Crippen LogP contribution >= 0.6 is 0 Å². The van der Waals surface area contributed by atoms with Crippen LogP contribution in [0.5, 0.6) is 0 Å². The highest BCUT2D eigenvalue weighted by atomic mass is 19.3. The Balaban J connectivity index is 3.47. The first-order valence-corrected chi connectivity index (χ1v) is 2.25. The maximum Gasteiger partial charge on any atom is 0.262 e. The van der Waals surface area contributed by atoms with Gasteiger partial charge in [0.05, 0.1) is 0 Å². The third-order valence-corrected chi connectivity index (χ3v) is 0.662. The molecule has 0 N–H and O–H groups in total. The van der Waals surface area contributed by atoms with Crippen molar-refractivity contribution in [2.24, 2.45) is 10.2 Å². The van der Waals surface area contributed by atoms with E-state index >= 15 is 0 Å². The molecule has 0 heterocycles. The normalized spacial score (nSPS) is 15.6. The number of hydrogen-bond acceptors (Lipinski definition) is 2. The van der Waals surface area contributed by atoms with Crippen molar-refractivity contribution >= 4 is 0 Å². The number of hydrogen-bond donors (Lipinski definition) is 0.